The SMILES string of the molecule is CC.CC.CC1=C(c2ccccc2C)C=CCC1. The molecule has 0 heterocycles. The second kappa shape index (κ2) is 9.70. The van der Waals surface area contributed by atoms with Gasteiger partial charge in [0, 0.05) is 0 Å². The molecule has 0 N–H and O–H groups in total. The third kappa shape index (κ3) is 4.52. The summed E-state index contributed by atoms with van der Waals surface area (Å²) < 4.78 is 0. The molecule has 1 aromatic carbocycles. The largest absolute Gasteiger partial charge is 0.0836 e. The highest BCUT2D eigenvalue weighted by molar-refractivity contribution is 5.78. The lowest BCUT2D eigenvalue weighted by Gasteiger charge is -2.14. The predicted molar refractivity (Wildman–Crippen MR) is 84.8 cm³/mol. The van der Waals surface area contributed by atoms with Crippen LogP contribution in [0.5, 0.6) is 0 Å². The van der Waals surface area contributed by atoms with Gasteiger partial charge in [-0.2, -0.15) is 0 Å². The Morgan fingerprint density at radius 3 is 2.06 bits per heavy atom. The minimum Gasteiger partial charge on any atom is -0.0836 e. The van der Waals surface area contributed by atoms with Crippen LogP contribution in [0.25, 0.3) is 5.57 Å². The van der Waals surface area contributed by atoms with Gasteiger partial charge < -0.3 is 0 Å². The van der Waals surface area contributed by atoms with E-state index in [1.807, 2.05) is 27.7 Å². The molecule has 1 aliphatic carbocycles. The van der Waals surface area contributed by atoms with Crippen molar-refractivity contribution in [2.75, 3.05) is 0 Å². The number of aryl methyl sites for hydroxylation is 1. The van der Waals surface area contributed by atoms with Crippen LogP contribution in [0.1, 0.15) is 58.6 Å². The summed E-state index contributed by atoms with van der Waals surface area (Å²) in [7, 11) is 0. The van der Waals surface area contributed by atoms with E-state index in [0.29, 0.717) is 0 Å². The molecule has 0 fully saturated rings. The Morgan fingerprint density at radius 2 is 1.50 bits per heavy atom. The summed E-state index contributed by atoms with van der Waals surface area (Å²) in [5.41, 5.74) is 5.70. The summed E-state index contributed by atoms with van der Waals surface area (Å²) in [5, 5.41) is 0. The van der Waals surface area contributed by atoms with Crippen molar-refractivity contribution in [3.63, 3.8) is 0 Å². The molecule has 0 saturated carbocycles. The highest BCUT2D eigenvalue weighted by atomic mass is 14.1. The van der Waals surface area contributed by atoms with Crippen molar-refractivity contribution in [1.82, 2.24) is 0 Å². The average Bonchev–Trinajstić information content (AvgIpc) is 2.45. The zero-order valence-corrected chi connectivity index (χ0v) is 12.9. The highest BCUT2D eigenvalue weighted by Crippen LogP contribution is 2.28. The molecule has 1 aliphatic rings. The molecule has 0 saturated heterocycles. The van der Waals surface area contributed by atoms with Crippen molar-refractivity contribution in [2.24, 2.45) is 0 Å². The van der Waals surface area contributed by atoms with Gasteiger partial charge in [0.15, 0.2) is 0 Å². The second-order valence-corrected chi connectivity index (χ2v) is 3.95. The molecule has 0 unspecified atom stereocenters. The van der Waals surface area contributed by atoms with E-state index < -0.39 is 0 Å². The summed E-state index contributed by atoms with van der Waals surface area (Å²) in [6.07, 6.45) is 6.94. The fraction of sp³-hybridized carbons (Fsp3) is 0.444. The van der Waals surface area contributed by atoms with E-state index in [4.69, 9.17) is 0 Å². The molecule has 0 nitrogen and oxygen atoms in total. The molecule has 0 bridgehead atoms. The lowest BCUT2D eigenvalue weighted by Crippen LogP contribution is -1.93. The Labute approximate surface area is 113 Å². The van der Waals surface area contributed by atoms with Crippen molar-refractivity contribution < 1.29 is 0 Å². The first-order valence-electron chi connectivity index (χ1n) is 7.21. The zero-order chi connectivity index (χ0) is 14.0. The maximum Gasteiger partial charge on any atom is -0.0155 e. The average molecular weight is 244 g/mol. The molecule has 0 atom stereocenters. The van der Waals surface area contributed by atoms with Gasteiger partial charge in [0.2, 0.25) is 0 Å². The normalized spacial score (nSPS) is 13.2. The minimum absolute atomic E-state index is 1.20. The fourth-order valence-electron chi connectivity index (χ4n) is 1.97. The molecule has 1 aromatic rings. The molecule has 0 aromatic heterocycles. The van der Waals surface area contributed by atoms with E-state index >= 15 is 0 Å². The lowest BCUT2D eigenvalue weighted by molar-refractivity contribution is 0.967. The van der Waals surface area contributed by atoms with Gasteiger partial charge in [0.05, 0.1) is 0 Å². The van der Waals surface area contributed by atoms with Crippen LogP contribution in [-0.2, 0) is 0 Å². The first-order chi connectivity index (χ1) is 8.79. The topological polar surface area (TPSA) is 0 Å². The molecule has 0 radical (unpaired) electrons. The van der Waals surface area contributed by atoms with Gasteiger partial charge in [-0.15, -0.1) is 0 Å². The third-order valence-corrected chi connectivity index (χ3v) is 2.87. The molecule has 0 aliphatic heterocycles. The van der Waals surface area contributed by atoms with Crippen LogP contribution in [0, 0.1) is 6.92 Å². The Kier molecular flexibility index (Phi) is 9.00. The molecule has 100 valence electrons. The van der Waals surface area contributed by atoms with Crippen LogP contribution in [0.4, 0.5) is 0 Å². The number of allylic oxidation sites excluding steroid dienone is 4. The van der Waals surface area contributed by atoms with Crippen molar-refractivity contribution in [3.8, 4) is 0 Å². The van der Waals surface area contributed by atoms with Gasteiger partial charge >= 0.3 is 0 Å². The first-order valence-corrected chi connectivity index (χ1v) is 7.21. The Bertz CT molecular complexity index is 394. The molecule has 0 heteroatoms. The smallest absolute Gasteiger partial charge is 0.0155 e. The zero-order valence-electron chi connectivity index (χ0n) is 12.9. The monoisotopic (exact) mass is 244 g/mol. The van der Waals surface area contributed by atoms with Crippen LogP contribution in [0.2, 0.25) is 0 Å². The molecular weight excluding hydrogens is 216 g/mol. The van der Waals surface area contributed by atoms with Crippen molar-refractivity contribution in [2.45, 2.75) is 54.4 Å². The molecule has 18 heavy (non-hydrogen) atoms. The summed E-state index contributed by atoms with van der Waals surface area (Å²) in [5.74, 6) is 0. The highest BCUT2D eigenvalue weighted by Gasteiger charge is 2.07. The standard InChI is InChI=1S/C14H16.2C2H6/c1-11-7-3-5-9-13(11)14-10-6-4-8-12(14)2;2*1-2/h3,5-7,9-10H,4,8H2,1-2H3;2*1-2H3. The molecule has 2 rings (SSSR count). The van der Waals surface area contributed by atoms with Gasteiger partial charge in [0.25, 0.3) is 0 Å². The van der Waals surface area contributed by atoms with E-state index in [9.17, 15) is 0 Å². The van der Waals surface area contributed by atoms with E-state index in [2.05, 4.69) is 50.3 Å². The number of hydrogen-bond acceptors (Lipinski definition) is 0. The molecule has 0 amide bonds. The van der Waals surface area contributed by atoms with E-state index in [1.165, 1.54) is 35.1 Å². The summed E-state index contributed by atoms with van der Waals surface area (Å²) in [6, 6.07) is 8.61. The second-order valence-electron chi connectivity index (χ2n) is 3.95. The van der Waals surface area contributed by atoms with Crippen molar-refractivity contribution >= 4 is 5.57 Å². The molecule has 0 spiro atoms. The summed E-state index contributed by atoms with van der Waals surface area (Å²) in [6.45, 7) is 12.4. The maximum absolute atomic E-state index is 2.27. The number of hydrogen-bond donors (Lipinski definition) is 0. The van der Waals surface area contributed by atoms with E-state index in [0.717, 1.165) is 0 Å². The van der Waals surface area contributed by atoms with Gasteiger partial charge in [-0.3, -0.25) is 0 Å². The third-order valence-electron chi connectivity index (χ3n) is 2.87. The Hall–Kier alpha value is -1.30. The van der Waals surface area contributed by atoms with E-state index in [-0.39, 0.29) is 0 Å². The Balaban J connectivity index is 0.000000659. The minimum atomic E-state index is 1.20. The summed E-state index contributed by atoms with van der Waals surface area (Å²) in [4.78, 5) is 0. The molecular formula is C18H28. The van der Waals surface area contributed by atoms with Crippen molar-refractivity contribution in [1.29, 1.82) is 0 Å². The maximum atomic E-state index is 2.27. The fourth-order valence-corrected chi connectivity index (χ4v) is 1.97. The van der Waals surface area contributed by atoms with E-state index in [1.54, 1.807) is 0 Å². The predicted octanol–water partition coefficient (Wildman–Crippen LogP) is 6.17. The number of benzene rings is 1. The van der Waals surface area contributed by atoms with Crippen LogP contribution in [-0.4, -0.2) is 0 Å². The summed E-state index contributed by atoms with van der Waals surface area (Å²) >= 11 is 0. The van der Waals surface area contributed by atoms with Gasteiger partial charge in [0.1, 0.15) is 0 Å². The van der Waals surface area contributed by atoms with Crippen LogP contribution in [0.15, 0.2) is 42.0 Å². The Morgan fingerprint density at radius 1 is 0.889 bits per heavy atom. The number of rotatable bonds is 1. The van der Waals surface area contributed by atoms with Crippen LogP contribution in [0.3, 0.4) is 0 Å². The van der Waals surface area contributed by atoms with Crippen LogP contribution < -0.4 is 0 Å². The van der Waals surface area contributed by atoms with Gasteiger partial charge in [-0.25, -0.2) is 0 Å². The van der Waals surface area contributed by atoms with Gasteiger partial charge in [-0.1, -0.05) is 69.7 Å². The van der Waals surface area contributed by atoms with Crippen molar-refractivity contribution in [3.05, 3.63) is 53.1 Å². The van der Waals surface area contributed by atoms with Crippen LogP contribution >= 0.6 is 0 Å². The van der Waals surface area contributed by atoms with Gasteiger partial charge in [-0.05, 0) is 43.4 Å². The quantitative estimate of drug-likeness (QED) is 0.554. The lowest BCUT2D eigenvalue weighted by atomic mass is 9.91. The first kappa shape index (κ1) is 16.7.